The van der Waals surface area contributed by atoms with Crippen LogP contribution < -0.4 is 0 Å². The maximum absolute atomic E-state index is 5.21. The number of hydrogen-bond donors (Lipinski definition) is 0. The zero-order valence-electron chi connectivity index (χ0n) is 64.9. The van der Waals surface area contributed by atoms with E-state index < -0.39 is 0 Å². The van der Waals surface area contributed by atoms with Gasteiger partial charge in [0, 0.05) is 44.2 Å². The molecule has 0 radical (unpaired) electrons. The Morgan fingerprint density at radius 3 is 0.759 bits per heavy atom. The van der Waals surface area contributed by atoms with Crippen LogP contribution in [0.15, 0.2) is 376 Å². The van der Waals surface area contributed by atoms with Gasteiger partial charge in [0.25, 0.3) is 0 Å². The van der Waals surface area contributed by atoms with Crippen LogP contribution in [0, 0.1) is 0 Å². The molecule has 2 heterocycles. The lowest BCUT2D eigenvalue weighted by atomic mass is 9.82. The lowest BCUT2D eigenvalue weighted by Gasteiger charge is -2.21. The molecule has 548 valence electrons. The third-order valence-electron chi connectivity index (χ3n) is 24.5. The monoisotopic (exact) mass is 1480 g/mol. The van der Waals surface area contributed by atoms with Crippen molar-refractivity contribution in [2.45, 2.75) is 51.4 Å². The van der Waals surface area contributed by atoms with Crippen molar-refractivity contribution in [3.63, 3.8) is 0 Å². The molecule has 116 heavy (non-hydrogen) atoms. The van der Waals surface area contributed by atoms with Gasteiger partial charge in [-0.25, -0.2) is 29.9 Å². The average Bonchev–Trinajstić information content (AvgIpc) is 1.59. The van der Waals surface area contributed by atoms with Gasteiger partial charge >= 0.3 is 0 Å². The number of benzene rings is 16. The van der Waals surface area contributed by atoms with Gasteiger partial charge in [-0.2, -0.15) is 0 Å². The molecule has 0 amide bonds. The summed E-state index contributed by atoms with van der Waals surface area (Å²) < 4.78 is 0. The second-order valence-corrected chi connectivity index (χ2v) is 31.9. The Labute approximate surface area is 677 Å². The summed E-state index contributed by atoms with van der Waals surface area (Å²) in [6, 6.07) is 135. The Hall–Kier alpha value is -14.5. The Kier molecular flexibility index (Phi) is 17.0. The molecule has 0 N–H and O–H groups in total. The molecule has 0 saturated heterocycles. The van der Waals surface area contributed by atoms with Gasteiger partial charge in [-0.1, -0.05) is 373 Å². The SMILES string of the molecule is CC1(C)c2ccccc2-c2ccc(-c3nc(-c4ccccc4)nc(-c4cccc(-c5cccc6c5Cc5c(-c7ccc(-c8ccccc8)cc7)cccc5-6)c4)n3)cc21.CC1(C)c2ccccc2-c2ccc(-c3nc(-c4ccccc4)nc(-c4cccc(-c5cccc6c5Cc5c(-c7cccc(-c8ccccc8)c7)cccc5-6)c4)n3)cc21. The highest BCUT2D eigenvalue weighted by Gasteiger charge is 2.38. The second kappa shape index (κ2) is 28.3. The Bertz CT molecular complexity index is 6920. The molecule has 6 nitrogen and oxygen atoms in total. The second-order valence-electron chi connectivity index (χ2n) is 31.9. The lowest BCUT2D eigenvalue weighted by Crippen LogP contribution is -2.15. The van der Waals surface area contributed by atoms with Crippen LogP contribution in [0.2, 0.25) is 0 Å². The van der Waals surface area contributed by atoms with Crippen molar-refractivity contribution >= 4 is 0 Å². The van der Waals surface area contributed by atoms with Crippen LogP contribution in [0.1, 0.15) is 72.2 Å². The van der Waals surface area contributed by atoms with Gasteiger partial charge in [0.2, 0.25) is 0 Å². The molecule has 0 unspecified atom stereocenters. The summed E-state index contributed by atoms with van der Waals surface area (Å²) in [5, 5.41) is 0. The smallest absolute Gasteiger partial charge is 0.164 e. The minimum atomic E-state index is -0.128. The van der Waals surface area contributed by atoms with E-state index in [4.69, 9.17) is 29.9 Å². The molecule has 0 bridgehead atoms. The molecular formula is C110H78N6. The van der Waals surface area contributed by atoms with E-state index in [9.17, 15) is 0 Å². The fourth-order valence-corrected chi connectivity index (χ4v) is 18.6. The number of fused-ring (bicyclic) bond motifs is 12. The summed E-state index contributed by atoms with van der Waals surface area (Å²) in [4.78, 5) is 30.9. The van der Waals surface area contributed by atoms with Crippen molar-refractivity contribution < 1.29 is 0 Å². The number of hydrogen-bond acceptors (Lipinski definition) is 6. The minimum absolute atomic E-state index is 0.127. The van der Waals surface area contributed by atoms with Crippen LogP contribution in [0.5, 0.6) is 0 Å². The van der Waals surface area contributed by atoms with Gasteiger partial charge < -0.3 is 0 Å². The first-order valence-electron chi connectivity index (χ1n) is 40.1. The molecule has 4 aliphatic carbocycles. The van der Waals surface area contributed by atoms with E-state index in [2.05, 4.69) is 367 Å². The molecule has 16 aromatic carbocycles. The molecule has 0 saturated carbocycles. The zero-order valence-corrected chi connectivity index (χ0v) is 64.9. The van der Waals surface area contributed by atoms with E-state index in [1.807, 2.05) is 36.4 Å². The standard InChI is InChI=1S/2C55H39N3/c1-55(2)50-28-10-9-23-46(50)47-30-29-41(33-51(47)55)54-57-52(36-17-7-4-8-18-36)56-53(58-54)40-22-12-21-39(32-40)43-25-14-27-45-44-26-13-24-42(48(44)34-49(43)45)38-20-11-19-37(31-38)35-15-5-3-6-16-35;1-55(2)50-25-10-9-20-46(50)47-31-30-41(33-51(47)55)54-57-52(38-16-7-4-8-17-38)56-53(58-54)40-19-11-18-39(32-40)43-22-13-24-45-44-23-12-21-42(48(44)34-49(43)45)37-28-26-36(27-29-37)35-14-5-3-6-15-35/h2*3-33H,34H2,1-2H3. The maximum Gasteiger partial charge on any atom is 0.164 e. The van der Waals surface area contributed by atoms with Gasteiger partial charge in [-0.05, 0) is 199 Å². The molecule has 0 fully saturated rings. The summed E-state index contributed by atoms with van der Waals surface area (Å²) in [6.07, 6.45) is 1.73. The van der Waals surface area contributed by atoms with Crippen LogP contribution in [0.4, 0.5) is 0 Å². The third-order valence-corrected chi connectivity index (χ3v) is 24.5. The first-order valence-corrected chi connectivity index (χ1v) is 40.1. The molecule has 0 aliphatic heterocycles. The molecule has 18 aromatic rings. The quantitative estimate of drug-likeness (QED) is 0.121. The Morgan fingerprint density at radius 2 is 0.379 bits per heavy atom. The fourth-order valence-electron chi connectivity index (χ4n) is 18.6. The van der Waals surface area contributed by atoms with Crippen LogP contribution in [-0.2, 0) is 23.7 Å². The summed E-state index contributed by atoms with van der Waals surface area (Å²) in [5.41, 5.74) is 41.4. The molecule has 2 aromatic heterocycles. The third kappa shape index (κ3) is 12.2. The first kappa shape index (κ1) is 69.5. The van der Waals surface area contributed by atoms with E-state index in [1.54, 1.807) is 0 Å². The summed E-state index contributed by atoms with van der Waals surface area (Å²) in [6.45, 7) is 9.24. The van der Waals surface area contributed by atoms with Gasteiger partial charge in [-0.3, -0.25) is 0 Å². The highest BCUT2D eigenvalue weighted by Crippen LogP contribution is 2.53. The lowest BCUT2D eigenvalue weighted by molar-refractivity contribution is 0.660. The van der Waals surface area contributed by atoms with Gasteiger partial charge in [0.1, 0.15) is 0 Å². The van der Waals surface area contributed by atoms with Crippen LogP contribution in [-0.4, -0.2) is 29.9 Å². The normalized spacial score (nSPS) is 13.1. The average molecular weight is 1480 g/mol. The fraction of sp³-hybridized carbons (Fsp3) is 0.0727. The predicted molar refractivity (Wildman–Crippen MR) is 476 cm³/mol. The first-order chi connectivity index (χ1) is 57.0. The minimum Gasteiger partial charge on any atom is -0.208 e. The summed E-state index contributed by atoms with van der Waals surface area (Å²) >= 11 is 0. The Morgan fingerprint density at radius 1 is 0.155 bits per heavy atom. The van der Waals surface area contributed by atoms with Gasteiger partial charge in [0.05, 0.1) is 0 Å². The molecule has 0 spiro atoms. The van der Waals surface area contributed by atoms with Crippen LogP contribution in [0.3, 0.4) is 0 Å². The maximum atomic E-state index is 5.21. The number of rotatable bonds is 12. The topological polar surface area (TPSA) is 77.3 Å². The number of aromatic nitrogens is 6. The summed E-state index contributed by atoms with van der Waals surface area (Å²) in [7, 11) is 0. The molecule has 22 rings (SSSR count). The molecular weight excluding hydrogens is 1410 g/mol. The largest absolute Gasteiger partial charge is 0.208 e. The van der Waals surface area contributed by atoms with Crippen LogP contribution in [0.25, 0.3) is 180 Å². The van der Waals surface area contributed by atoms with Crippen molar-refractivity contribution in [2.75, 3.05) is 0 Å². The predicted octanol–water partition coefficient (Wildman–Crippen LogP) is 27.5. The van der Waals surface area contributed by atoms with E-state index in [1.165, 1.54) is 145 Å². The van der Waals surface area contributed by atoms with E-state index in [0.717, 1.165) is 57.3 Å². The van der Waals surface area contributed by atoms with Gasteiger partial charge in [-0.15, -0.1) is 0 Å². The molecule has 4 aliphatic rings. The Balaban J connectivity index is 0.000000145. The van der Waals surface area contributed by atoms with Gasteiger partial charge in [0.15, 0.2) is 34.9 Å². The highest BCUT2D eigenvalue weighted by atomic mass is 15.0. The molecule has 6 heteroatoms. The van der Waals surface area contributed by atoms with E-state index in [0.29, 0.717) is 34.9 Å². The van der Waals surface area contributed by atoms with E-state index >= 15 is 0 Å². The van der Waals surface area contributed by atoms with Crippen molar-refractivity contribution in [1.29, 1.82) is 0 Å². The molecule has 0 atom stereocenters. The van der Waals surface area contributed by atoms with Crippen LogP contribution >= 0.6 is 0 Å². The number of nitrogens with zero attached hydrogens (tertiary/aromatic N) is 6. The van der Waals surface area contributed by atoms with Crippen molar-refractivity contribution in [3.05, 3.63) is 421 Å². The van der Waals surface area contributed by atoms with Crippen molar-refractivity contribution in [3.8, 4) is 180 Å². The summed E-state index contributed by atoms with van der Waals surface area (Å²) in [5.74, 6) is 3.98. The highest BCUT2D eigenvalue weighted by molar-refractivity contribution is 5.94. The zero-order chi connectivity index (χ0) is 77.6. The van der Waals surface area contributed by atoms with Crippen molar-refractivity contribution in [2.24, 2.45) is 0 Å². The van der Waals surface area contributed by atoms with Crippen molar-refractivity contribution in [1.82, 2.24) is 29.9 Å². The van der Waals surface area contributed by atoms with E-state index in [-0.39, 0.29) is 10.8 Å².